The van der Waals surface area contributed by atoms with Crippen molar-refractivity contribution < 1.29 is 14.1 Å². The summed E-state index contributed by atoms with van der Waals surface area (Å²) in [6, 6.07) is 15.6. The molecule has 144 valence electrons. The van der Waals surface area contributed by atoms with Gasteiger partial charge in [-0.1, -0.05) is 31.1 Å². The summed E-state index contributed by atoms with van der Waals surface area (Å²) in [6.07, 6.45) is 0.382. The van der Waals surface area contributed by atoms with Gasteiger partial charge < -0.3 is 14.2 Å². The summed E-state index contributed by atoms with van der Waals surface area (Å²) in [4.78, 5) is 18.9. The van der Waals surface area contributed by atoms with E-state index in [2.05, 4.69) is 36.1 Å². The predicted molar refractivity (Wildman–Crippen MR) is 107 cm³/mol. The molecule has 6 nitrogen and oxygen atoms in total. The second-order valence-corrected chi connectivity index (χ2v) is 7.34. The lowest BCUT2D eigenvalue weighted by Gasteiger charge is -2.17. The molecule has 1 fully saturated rings. The van der Waals surface area contributed by atoms with Crippen LogP contribution in [0.5, 0.6) is 5.75 Å². The van der Waals surface area contributed by atoms with Gasteiger partial charge in [0.2, 0.25) is 5.91 Å². The highest BCUT2D eigenvalue weighted by molar-refractivity contribution is 5.96. The van der Waals surface area contributed by atoms with Crippen LogP contribution in [0.3, 0.4) is 0 Å². The molecule has 28 heavy (non-hydrogen) atoms. The van der Waals surface area contributed by atoms with Gasteiger partial charge in [0.1, 0.15) is 5.75 Å². The summed E-state index contributed by atoms with van der Waals surface area (Å²) >= 11 is 0. The first-order valence-electron chi connectivity index (χ1n) is 9.43. The molecule has 1 aliphatic rings. The number of nitrogens with zero attached hydrogens (tertiary/aromatic N) is 3. The fourth-order valence-corrected chi connectivity index (χ4v) is 3.42. The highest BCUT2D eigenvalue weighted by Gasteiger charge is 2.34. The number of aromatic nitrogens is 2. The van der Waals surface area contributed by atoms with E-state index in [-0.39, 0.29) is 11.8 Å². The van der Waals surface area contributed by atoms with Crippen molar-refractivity contribution in [2.45, 2.75) is 32.1 Å². The van der Waals surface area contributed by atoms with E-state index in [1.165, 1.54) is 5.56 Å². The lowest BCUT2D eigenvalue weighted by molar-refractivity contribution is -0.117. The molecule has 1 amide bonds. The molecule has 6 heteroatoms. The third-order valence-corrected chi connectivity index (χ3v) is 5.14. The summed E-state index contributed by atoms with van der Waals surface area (Å²) in [7, 11) is 1.62. The van der Waals surface area contributed by atoms with Crippen LogP contribution in [0.15, 0.2) is 53.1 Å². The molecule has 1 unspecified atom stereocenters. The first kappa shape index (κ1) is 18.2. The SMILES string of the molecule is COc1ccc(-c2nc(C3CC(=O)N(c4ccc(C(C)C)cc4)C3)no2)cc1. The minimum absolute atomic E-state index is 0.0759. The number of rotatable bonds is 5. The maximum absolute atomic E-state index is 12.6. The molecule has 0 spiro atoms. The second-order valence-electron chi connectivity index (χ2n) is 7.34. The topological polar surface area (TPSA) is 68.5 Å². The molecule has 2 aromatic carbocycles. The Labute approximate surface area is 164 Å². The highest BCUT2D eigenvalue weighted by Crippen LogP contribution is 2.32. The van der Waals surface area contributed by atoms with Gasteiger partial charge in [-0.05, 0) is 47.9 Å². The zero-order valence-corrected chi connectivity index (χ0v) is 16.3. The zero-order chi connectivity index (χ0) is 19.7. The van der Waals surface area contributed by atoms with Crippen LogP contribution in [0.4, 0.5) is 5.69 Å². The summed E-state index contributed by atoms with van der Waals surface area (Å²) in [5.41, 5.74) is 3.00. The first-order valence-corrected chi connectivity index (χ1v) is 9.43. The van der Waals surface area contributed by atoms with Gasteiger partial charge in [-0.3, -0.25) is 4.79 Å². The number of ether oxygens (including phenoxy) is 1. The second kappa shape index (κ2) is 7.46. The number of hydrogen-bond donors (Lipinski definition) is 0. The number of anilines is 1. The maximum atomic E-state index is 12.6. The molecular formula is C22H23N3O3. The Hall–Kier alpha value is -3.15. The van der Waals surface area contributed by atoms with Gasteiger partial charge >= 0.3 is 0 Å². The number of methoxy groups -OCH3 is 1. The van der Waals surface area contributed by atoms with Gasteiger partial charge in [0.05, 0.1) is 7.11 Å². The Morgan fingerprint density at radius 1 is 1.11 bits per heavy atom. The number of carbonyl (C=O) groups is 1. The average molecular weight is 377 g/mol. The Morgan fingerprint density at radius 2 is 1.82 bits per heavy atom. The Morgan fingerprint density at radius 3 is 2.46 bits per heavy atom. The molecular weight excluding hydrogens is 354 g/mol. The molecule has 1 saturated heterocycles. The third-order valence-electron chi connectivity index (χ3n) is 5.14. The third kappa shape index (κ3) is 3.50. The molecule has 1 aromatic heterocycles. The predicted octanol–water partition coefficient (Wildman–Crippen LogP) is 4.39. The van der Waals surface area contributed by atoms with Crippen LogP contribution in [-0.4, -0.2) is 29.7 Å². The Kier molecular flexibility index (Phi) is 4.86. The summed E-state index contributed by atoms with van der Waals surface area (Å²) in [5.74, 6) is 2.26. The Balaban J connectivity index is 1.50. The van der Waals surface area contributed by atoms with Crippen molar-refractivity contribution in [1.29, 1.82) is 0 Å². The van der Waals surface area contributed by atoms with E-state index >= 15 is 0 Å². The quantitative estimate of drug-likeness (QED) is 0.660. The number of benzene rings is 2. The van der Waals surface area contributed by atoms with Crippen molar-refractivity contribution in [2.24, 2.45) is 0 Å². The lowest BCUT2D eigenvalue weighted by Crippen LogP contribution is -2.24. The standard InChI is InChI=1S/C22H23N3O3/c1-14(2)15-4-8-18(9-5-15)25-13-17(12-20(25)26)21-23-22(28-24-21)16-6-10-19(27-3)11-7-16/h4-11,14,17H,12-13H2,1-3H3. The van der Waals surface area contributed by atoms with Crippen LogP contribution in [0.1, 0.15) is 43.5 Å². The molecule has 1 aliphatic heterocycles. The zero-order valence-electron chi connectivity index (χ0n) is 16.3. The van der Waals surface area contributed by atoms with Crippen LogP contribution in [-0.2, 0) is 4.79 Å². The van der Waals surface area contributed by atoms with Crippen LogP contribution >= 0.6 is 0 Å². The molecule has 2 heterocycles. The Bertz CT molecular complexity index is 961. The molecule has 0 saturated carbocycles. The summed E-state index contributed by atoms with van der Waals surface area (Å²) < 4.78 is 10.6. The molecule has 0 radical (unpaired) electrons. The minimum Gasteiger partial charge on any atom is -0.497 e. The fourth-order valence-electron chi connectivity index (χ4n) is 3.42. The van der Waals surface area contributed by atoms with Crippen molar-refractivity contribution in [3.05, 3.63) is 59.9 Å². The van der Waals surface area contributed by atoms with Gasteiger partial charge in [0.15, 0.2) is 5.82 Å². The van der Waals surface area contributed by atoms with Gasteiger partial charge in [-0.25, -0.2) is 0 Å². The molecule has 1 atom stereocenters. The average Bonchev–Trinajstić information content (AvgIpc) is 3.35. The van der Waals surface area contributed by atoms with Crippen molar-refractivity contribution in [1.82, 2.24) is 10.1 Å². The van der Waals surface area contributed by atoms with Crippen LogP contribution < -0.4 is 9.64 Å². The van der Waals surface area contributed by atoms with Crippen molar-refractivity contribution in [3.8, 4) is 17.2 Å². The molecule has 0 bridgehead atoms. The van der Waals surface area contributed by atoms with Gasteiger partial charge in [-0.15, -0.1) is 0 Å². The molecule has 0 aliphatic carbocycles. The summed E-state index contributed by atoms with van der Waals surface area (Å²) in [5, 5.41) is 4.12. The van der Waals surface area contributed by atoms with Crippen molar-refractivity contribution >= 4 is 11.6 Å². The van der Waals surface area contributed by atoms with E-state index in [0.717, 1.165) is 17.0 Å². The van der Waals surface area contributed by atoms with E-state index in [0.29, 0.717) is 30.6 Å². The maximum Gasteiger partial charge on any atom is 0.257 e. The van der Waals surface area contributed by atoms with Gasteiger partial charge in [0.25, 0.3) is 5.89 Å². The summed E-state index contributed by atoms with van der Waals surface area (Å²) in [6.45, 7) is 4.87. The normalized spacial score (nSPS) is 16.8. The van der Waals surface area contributed by atoms with Gasteiger partial charge in [0, 0.05) is 30.1 Å². The molecule has 4 rings (SSSR count). The van der Waals surface area contributed by atoms with E-state index in [1.807, 2.05) is 36.4 Å². The monoisotopic (exact) mass is 377 g/mol. The van der Waals surface area contributed by atoms with E-state index in [9.17, 15) is 4.79 Å². The van der Waals surface area contributed by atoms with Crippen LogP contribution in [0, 0.1) is 0 Å². The van der Waals surface area contributed by atoms with Crippen LogP contribution in [0.25, 0.3) is 11.5 Å². The number of amides is 1. The smallest absolute Gasteiger partial charge is 0.257 e. The fraction of sp³-hybridized carbons (Fsp3) is 0.318. The van der Waals surface area contributed by atoms with E-state index in [1.54, 1.807) is 12.0 Å². The highest BCUT2D eigenvalue weighted by atomic mass is 16.5. The van der Waals surface area contributed by atoms with E-state index in [4.69, 9.17) is 9.26 Å². The van der Waals surface area contributed by atoms with E-state index < -0.39 is 0 Å². The van der Waals surface area contributed by atoms with Gasteiger partial charge in [-0.2, -0.15) is 4.98 Å². The molecule has 3 aromatic rings. The number of carbonyl (C=O) groups excluding carboxylic acids is 1. The minimum atomic E-state index is -0.0759. The largest absolute Gasteiger partial charge is 0.497 e. The first-order chi connectivity index (χ1) is 13.5. The lowest BCUT2D eigenvalue weighted by atomic mass is 10.0. The van der Waals surface area contributed by atoms with Crippen molar-refractivity contribution in [2.75, 3.05) is 18.6 Å². The van der Waals surface area contributed by atoms with Crippen LogP contribution in [0.2, 0.25) is 0 Å². The number of hydrogen-bond acceptors (Lipinski definition) is 5. The molecule has 0 N–H and O–H groups in total. The van der Waals surface area contributed by atoms with Crippen molar-refractivity contribution in [3.63, 3.8) is 0 Å².